The third-order valence-corrected chi connectivity index (χ3v) is 6.76. The van der Waals surface area contributed by atoms with Crippen molar-refractivity contribution < 1.29 is 14.6 Å². The van der Waals surface area contributed by atoms with Gasteiger partial charge in [-0.15, -0.1) is 0 Å². The standard InChI is InChI=1S/C26H33NO3/c1-19-17-27(18-23(25(29)30-4)15-21-9-6-5-7-10-21)14-13-26(19,3)24-12-8-11-22(16-24)20(2)28/h5-12,16,19,23,28H,2,13-15,17-18H2,1,3-4H3. The van der Waals surface area contributed by atoms with E-state index in [0.29, 0.717) is 18.9 Å². The fourth-order valence-corrected chi connectivity index (χ4v) is 4.56. The van der Waals surface area contributed by atoms with E-state index >= 15 is 0 Å². The normalized spacial score (nSPS) is 23.0. The number of piperidine rings is 1. The van der Waals surface area contributed by atoms with E-state index in [-0.39, 0.29) is 23.1 Å². The topological polar surface area (TPSA) is 49.8 Å². The van der Waals surface area contributed by atoms with Crippen LogP contribution in [0.3, 0.4) is 0 Å². The van der Waals surface area contributed by atoms with Crippen LogP contribution < -0.4 is 0 Å². The van der Waals surface area contributed by atoms with Gasteiger partial charge in [0.25, 0.3) is 0 Å². The summed E-state index contributed by atoms with van der Waals surface area (Å²) in [7, 11) is 1.47. The third kappa shape index (κ3) is 4.93. The Balaban J connectivity index is 1.71. The van der Waals surface area contributed by atoms with Gasteiger partial charge in [0.05, 0.1) is 13.0 Å². The van der Waals surface area contributed by atoms with E-state index in [1.807, 2.05) is 30.3 Å². The average molecular weight is 408 g/mol. The molecule has 2 aromatic carbocycles. The van der Waals surface area contributed by atoms with E-state index in [1.165, 1.54) is 12.7 Å². The number of rotatable bonds is 7. The molecule has 3 atom stereocenters. The number of ether oxygens (including phenoxy) is 1. The highest BCUT2D eigenvalue weighted by Gasteiger charge is 2.39. The van der Waals surface area contributed by atoms with Crippen molar-refractivity contribution in [2.24, 2.45) is 11.8 Å². The van der Waals surface area contributed by atoms with Crippen molar-refractivity contribution in [2.75, 3.05) is 26.7 Å². The molecular formula is C26H33NO3. The lowest BCUT2D eigenvalue weighted by Crippen LogP contribution is -2.49. The summed E-state index contributed by atoms with van der Waals surface area (Å²) in [5, 5.41) is 9.79. The van der Waals surface area contributed by atoms with Crippen molar-refractivity contribution in [1.29, 1.82) is 0 Å². The summed E-state index contributed by atoms with van der Waals surface area (Å²) < 4.78 is 5.10. The number of hydrogen-bond acceptors (Lipinski definition) is 4. The Labute approximate surface area is 180 Å². The molecule has 0 aromatic heterocycles. The molecular weight excluding hydrogens is 374 g/mol. The maximum atomic E-state index is 12.4. The maximum Gasteiger partial charge on any atom is 0.310 e. The minimum absolute atomic E-state index is 0.0160. The Morgan fingerprint density at radius 1 is 1.27 bits per heavy atom. The lowest BCUT2D eigenvalue weighted by molar-refractivity contribution is -0.146. The highest BCUT2D eigenvalue weighted by atomic mass is 16.5. The molecule has 0 amide bonds. The number of esters is 1. The minimum atomic E-state index is -0.171. The molecule has 0 saturated carbocycles. The van der Waals surface area contributed by atoms with Gasteiger partial charge in [0.15, 0.2) is 0 Å². The summed E-state index contributed by atoms with van der Waals surface area (Å²) in [4.78, 5) is 14.8. The second-order valence-electron chi connectivity index (χ2n) is 8.77. The zero-order chi connectivity index (χ0) is 21.7. The molecule has 0 bridgehead atoms. The molecule has 1 aliphatic rings. The molecule has 1 aliphatic heterocycles. The number of methoxy groups -OCH3 is 1. The Bertz CT molecular complexity index is 879. The van der Waals surface area contributed by atoms with Crippen molar-refractivity contribution in [3.63, 3.8) is 0 Å². The first-order valence-corrected chi connectivity index (χ1v) is 10.7. The number of benzene rings is 2. The first-order valence-electron chi connectivity index (χ1n) is 10.7. The Kier molecular flexibility index (Phi) is 6.99. The van der Waals surface area contributed by atoms with Crippen molar-refractivity contribution >= 4 is 11.7 Å². The van der Waals surface area contributed by atoms with E-state index < -0.39 is 0 Å². The van der Waals surface area contributed by atoms with Gasteiger partial charge >= 0.3 is 5.97 Å². The number of carbonyl (C=O) groups excluding carboxylic acids is 1. The summed E-state index contributed by atoms with van der Waals surface area (Å²) in [5.74, 6) is 0.194. The Morgan fingerprint density at radius 3 is 2.63 bits per heavy atom. The molecule has 3 rings (SSSR count). The second kappa shape index (κ2) is 9.48. The summed E-state index contributed by atoms with van der Waals surface area (Å²) in [6.45, 7) is 10.8. The van der Waals surface area contributed by atoms with Gasteiger partial charge in [-0.25, -0.2) is 0 Å². The van der Waals surface area contributed by atoms with Crippen molar-refractivity contribution in [3.8, 4) is 0 Å². The van der Waals surface area contributed by atoms with Crippen LogP contribution in [-0.2, 0) is 21.4 Å². The van der Waals surface area contributed by atoms with Crippen LogP contribution in [0.4, 0.5) is 0 Å². The van der Waals surface area contributed by atoms with Crippen LogP contribution in [0.5, 0.6) is 0 Å². The molecule has 4 nitrogen and oxygen atoms in total. The van der Waals surface area contributed by atoms with Gasteiger partial charge in [-0.2, -0.15) is 0 Å². The van der Waals surface area contributed by atoms with Gasteiger partial charge in [0.1, 0.15) is 5.76 Å². The lowest BCUT2D eigenvalue weighted by Gasteiger charge is -2.45. The first-order chi connectivity index (χ1) is 14.3. The minimum Gasteiger partial charge on any atom is -0.508 e. The van der Waals surface area contributed by atoms with E-state index in [1.54, 1.807) is 0 Å². The molecule has 2 aromatic rings. The van der Waals surface area contributed by atoms with Gasteiger partial charge in [0, 0.05) is 18.7 Å². The number of carbonyl (C=O) groups is 1. The van der Waals surface area contributed by atoms with Gasteiger partial charge in [-0.1, -0.05) is 69.0 Å². The highest BCUT2D eigenvalue weighted by molar-refractivity contribution is 5.73. The quantitative estimate of drug-likeness (QED) is 0.527. The van der Waals surface area contributed by atoms with Crippen LogP contribution in [0.25, 0.3) is 5.76 Å². The predicted molar refractivity (Wildman–Crippen MR) is 121 cm³/mol. The summed E-state index contributed by atoms with van der Waals surface area (Å²) >= 11 is 0. The molecule has 1 heterocycles. The van der Waals surface area contributed by atoms with Crippen LogP contribution in [-0.4, -0.2) is 42.7 Å². The Morgan fingerprint density at radius 2 is 2.00 bits per heavy atom. The number of hydrogen-bond donors (Lipinski definition) is 1. The van der Waals surface area contributed by atoms with Crippen LogP contribution in [0, 0.1) is 11.8 Å². The maximum absolute atomic E-state index is 12.4. The number of aliphatic hydroxyl groups is 1. The van der Waals surface area contributed by atoms with Crippen LogP contribution in [0.15, 0.2) is 61.2 Å². The lowest BCUT2D eigenvalue weighted by atomic mass is 9.67. The average Bonchev–Trinajstić information content (AvgIpc) is 2.76. The van der Waals surface area contributed by atoms with Crippen molar-refractivity contribution in [3.05, 3.63) is 77.9 Å². The molecule has 0 radical (unpaired) electrons. The molecule has 0 aliphatic carbocycles. The monoisotopic (exact) mass is 407 g/mol. The smallest absolute Gasteiger partial charge is 0.310 e. The second-order valence-corrected chi connectivity index (χ2v) is 8.77. The van der Waals surface area contributed by atoms with Gasteiger partial charge in [-0.05, 0) is 47.9 Å². The fraction of sp³-hybridized carbons (Fsp3) is 0.423. The van der Waals surface area contributed by atoms with Crippen molar-refractivity contribution in [2.45, 2.75) is 32.1 Å². The molecule has 4 heteroatoms. The number of likely N-dealkylation sites (tertiary alicyclic amines) is 1. The molecule has 30 heavy (non-hydrogen) atoms. The molecule has 1 fully saturated rings. The summed E-state index contributed by atoms with van der Waals surface area (Å²) in [6, 6.07) is 18.2. The largest absolute Gasteiger partial charge is 0.508 e. The van der Waals surface area contributed by atoms with Gasteiger partial charge in [-0.3, -0.25) is 4.79 Å². The first kappa shape index (κ1) is 22.1. The van der Waals surface area contributed by atoms with Crippen LogP contribution in [0.2, 0.25) is 0 Å². The van der Waals surface area contributed by atoms with E-state index in [2.05, 4.69) is 49.6 Å². The number of aliphatic hydroxyl groups excluding tert-OH is 1. The zero-order valence-electron chi connectivity index (χ0n) is 18.3. The molecule has 1 saturated heterocycles. The molecule has 0 spiro atoms. The third-order valence-electron chi connectivity index (χ3n) is 6.76. The zero-order valence-corrected chi connectivity index (χ0v) is 18.3. The van der Waals surface area contributed by atoms with Crippen LogP contribution in [0.1, 0.15) is 37.0 Å². The number of nitrogens with zero attached hydrogens (tertiary/aromatic N) is 1. The molecule has 160 valence electrons. The van der Waals surface area contributed by atoms with Crippen molar-refractivity contribution in [1.82, 2.24) is 4.90 Å². The van der Waals surface area contributed by atoms with E-state index in [0.717, 1.165) is 30.6 Å². The van der Waals surface area contributed by atoms with E-state index in [4.69, 9.17) is 4.74 Å². The highest BCUT2D eigenvalue weighted by Crippen LogP contribution is 2.40. The summed E-state index contributed by atoms with van der Waals surface area (Å²) in [6.07, 6.45) is 1.69. The van der Waals surface area contributed by atoms with Gasteiger partial charge in [0.2, 0.25) is 0 Å². The van der Waals surface area contributed by atoms with E-state index in [9.17, 15) is 9.90 Å². The molecule has 3 unspecified atom stereocenters. The predicted octanol–water partition coefficient (Wildman–Crippen LogP) is 4.85. The van der Waals surface area contributed by atoms with Crippen LogP contribution >= 0.6 is 0 Å². The Hall–Kier alpha value is -2.59. The molecule has 1 N–H and O–H groups in total. The van der Waals surface area contributed by atoms with Gasteiger partial charge < -0.3 is 14.7 Å². The SMILES string of the molecule is C=C(O)c1cccc(C2(C)CCN(CC(Cc3ccccc3)C(=O)OC)CC2C)c1. The summed E-state index contributed by atoms with van der Waals surface area (Å²) in [5.41, 5.74) is 3.18. The fourth-order valence-electron chi connectivity index (χ4n) is 4.56.